The van der Waals surface area contributed by atoms with E-state index in [9.17, 15) is 0 Å². The molecule has 0 amide bonds. The SMILES string of the molecule is ClCCc1nnc(NC2CCCc3ccccc32)o1. The van der Waals surface area contributed by atoms with Gasteiger partial charge in [0.2, 0.25) is 5.89 Å². The topological polar surface area (TPSA) is 51.0 Å². The smallest absolute Gasteiger partial charge is 0.315 e. The van der Waals surface area contributed by atoms with Crippen molar-refractivity contribution in [1.29, 1.82) is 0 Å². The van der Waals surface area contributed by atoms with Crippen LogP contribution >= 0.6 is 11.6 Å². The van der Waals surface area contributed by atoms with E-state index >= 15 is 0 Å². The van der Waals surface area contributed by atoms with E-state index in [0.29, 0.717) is 24.2 Å². The molecule has 1 aromatic heterocycles. The molecule has 0 saturated carbocycles. The van der Waals surface area contributed by atoms with Gasteiger partial charge in [-0.2, -0.15) is 0 Å². The minimum Gasteiger partial charge on any atom is -0.408 e. The summed E-state index contributed by atoms with van der Waals surface area (Å²) in [6.45, 7) is 0. The summed E-state index contributed by atoms with van der Waals surface area (Å²) in [5, 5.41) is 11.3. The van der Waals surface area contributed by atoms with Crippen molar-refractivity contribution in [2.45, 2.75) is 31.7 Å². The first-order valence-corrected chi connectivity index (χ1v) is 7.13. The van der Waals surface area contributed by atoms with E-state index in [1.165, 1.54) is 17.5 Å². The molecular weight excluding hydrogens is 262 g/mol. The van der Waals surface area contributed by atoms with Crippen LogP contribution in [0.25, 0.3) is 0 Å². The van der Waals surface area contributed by atoms with Gasteiger partial charge in [0.15, 0.2) is 0 Å². The van der Waals surface area contributed by atoms with Crippen molar-refractivity contribution >= 4 is 17.6 Å². The summed E-state index contributed by atoms with van der Waals surface area (Å²) >= 11 is 5.66. The minimum absolute atomic E-state index is 0.259. The van der Waals surface area contributed by atoms with Crippen molar-refractivity contribution in [1.82, 2.24) is 10.2 Å². The zero-order valence-electron chi connectivity index (χ0n) is 10.6. The predicted molar refractivity (Wildman–Crippen MR) is 74.5 cm³/mol. The van der Waals surface area contributed by atoms with Crippen LogP contribution in [0.15, 0.2) is 28.7 Å². The third kappa shape index (κ3) is 2.73. The van der Waals surface area contributed by atoms with Crippen molar-refractivity contribution in [2.24, 2.45) is 0 Å². The minimum atomic E-state index is 0.259. The first-order valence-electron chi connectivity index (χ1n) is 6.59. The van der Waals surface area contributed by atoms with Crippen molar-refractivity contribution < 1.29 is 4.42 Å². The molecule has 1 aliphatic carbocycles. The lowest BCUT2D eigenvalue weighted by atomic mass is 9.88. The molecule has 4 nitrogen and oxygen atoms in total. The van der Waals surface area contributed by atoms with E-state index in [0.717, 1.165) is 12.8 Å². The fourth-order valence-corrected chi connectivity index (χ4v) is 2.71. The first kappa shape index (κ1) is 12.5. The van der Waals surface area contributed by atoms with Gasteiger partial charge in [0.25, 0.3) is 0 Å². The van der Waals surface area contributed by atoms with Gasteiger partial charge in [-0.25, -0.2) is 0 Å². The molecule has 0 saturated heterocycles. The third-order valence-corrected chi connectivity index (χ3v) is 3.63. The summed E-state index contributed by atoms with van der Waals surface area (Å²) in [5.41, 5.74) is 2.75. The van der Waals surface area contributed by atoms with Crippen LogP contribution in [-0.4, -0.2) is 16.1 Å². The molecule has 0 spiro atoms. The molecule has 5 heteroatoms. The average Bonchev–Trinajstić information content (AvgIpc) is 2.87. The van der Waals surface area contributed by atoms with Gasteiger partial charge in [0, 0.05) is 12.3 Å². The lowest BCUT2D eigenvalue weighted by Gasteiger charge is -2.25. The number of benzene rings is 1. The Kier molecular flexibility index (Phi) is 3.69. The fraction of sp³-hybridized carbons (Fsp3) is 0.429. The zero-order valence-corrected chi connectivity index (χ0v) is 11.4. The lowest BCUT2D eigenvalue weighted by Crippen LogP contribution is -2.17. The molecule has 0 radical (unpaired) electrons. The Labute approximate surface area is 117 Å². The Morgan fingerprint density at radius 2 is 2.21 bits per heavy atom. The van der Waals surface area contributed by atoms with Crippen LogP contribution in [0.2, 0.25) is 0 Å². The van der Waals surface area contributed by atoms with Gasteiger partial charge in [0.05, 0.1) is 6.04 Å². The second-order valence-electron chi connectivity index (χ2n) is 4.73. The van der Waals surface area contributed by atoms with E-state index in [4.69, 9.17) is 16.0 Å². The fourth-order valence-electron chi connectivity index (χ4n) is 2.55. The molecule has 1 aliphatic rings. The van der Waals surface area contributed by atoms with E-state index in [1.54, 1.807) is 0 Å². The molecule has 0 aliphatic heterocycles. The van der Waals surface area contributed by atoms with E-state index < -0.39 is 0 Å². The van der Waals surface area contributed by atoms with Gasteiger partial charge in [0.1, 0.15) is 0 Å². The quantitative estimate of drug-likeness (QED) is 0.871. The normalized spacial score (nSPS) is 18.1. The van der Waals surface area contributed by atoms with Crippen LogP contribution in [0.1, 0.15) is 35.9 Å². The highest BCUT2D eigenvalue weighted by atomic mass is 35.5. The van der Waals surface area contributed by atoms with Crippen LogP contribution < -0.4 is 5.32 Å². The highest BCUT2D eigenvalue weighted by Gasteiger charge is 2.21. The maximum absolute atomic E-state index is 5.66. The van der Waals surface area contributed by atoms with Crippen LogP contribution in [0.4, 0.5) is 6.01 Å². The van der Waals surface area contributed by atoms with Gasteiger partial charge in [-0.1, -0.05) is 29.4 Å². The van der Waals surface area contributed by atoms with Crippen LogP contribution in [-0.2, 0) is 12.8 Å². The van der Waals surface area contributed by atoms with Crippen molar-refractivity contribution in [2.75, 3.05) is 11.2 Å². The van der Waals surface area contributed by atoms with Gasteiger partial charge >= 0.3 is 6.01 Å². The first-order chi connectivity index (χ1) is 9.36. The Morgan fingerprint density at radius 3 is 3.11 bits per heavy atom. The molecule has 0 bridgehead atoms. The second-order valence-corrected chi connectivity index (χ2v) is 5.11. The Morgan fingerprint density at radius 1 is 1.32 bits per heavy atom. The molecule has 2 aromatic rings. The summed E-state index contributed by atoms with van der Waals surface area (Å²) < 4.78 is 5.52. The van der Waals surface area contributed by atoms with Gasteiger partial charge in [-0.05, 0) is 30.4 Å². The summed E-state index contributed by atoms with van der Waals surface area (Å²) in [5.74, 6) is 1.08. The van der Waals surface area contributed by atoms with Crippen LogP contribution in [0, 0.1) is 0 Å². The van der Waals surface area contributed by atoms with Crippen molar-refractivity contribution in [3.8, 4) is 0 Å². The number of aromatic nitrogens is 2. The predicted octanol–water partition coefficient (Wildman–Crippen LogP) is 3.34. The van der Waals surface area contributed by atoms with Crippen molar-refractivity contribution in [3.63, 3.8) is 0 Å². The number of hydrogen-bond donors (Lipinski definition) is 1. The van der Waals surface area contributed by atoms with E-state index in [1.807, 2.05) is 0 Å². The Hall–Kier alpha value is -1.55. The number of halogens is 1. The zero-order chi connectivity index (χ0) is 13.1. The van der Waals surface area contributed by atoms with Gasteiger partial charge < -0.3 is 9.73 Å². The van der Waals surface area contributed by atoms with E-state index in [-0.39, 0.29) is 6.04 Å². The molecule has 1 heterocycles. The van der Waals surface area contributed by atoms with Gasteiger partial charge in [-0.15, -0.1) is 16.7 Å². The van der Waals surface area contributed by atoms with Crippen molar-refractivity contribution in [3.05, 3.63) is 41.3 Å². The summed E-state index contributed by atoms with van der Waals surface area (Å²) in [4.78, 5) is 0. The number of nitrogens with one attached hydrogen (secondary N) is 1. The maximum atomic E-state index is 5.66. The van der Waals surface area contributed by atoms with Crippen LogP contribution in [0.3, 0.4) is 0 Å². The summed E-state index contributed by atoms with van der Waals surface area (Å²) in [6, 6.07) is 9.27. The lowest BCUT2D eigenvalue weighted by molar-refractivity contribution is 0.496. The summed E-state index contributed by atoms with van der Waals surface area (Å²) in [6.07, 6.45) is 4.02. The Balaban J connectivity index is 1.76. The molecule has 0 fully saturated rings. The largest absolute Gasteiger partial charge is 0.408 e. The number of rotatable bonds is 4. The number of fused-ring (bicyclic) bond motifs is 1. The highest BCUT2D eigenvalue weighted by Crippen LogP contribution is 2.31. The molecule has 1 atom stereocenters. The standard InChI is InChI=1S/C14H16ClN3O/c15-9-8-13-17-18-14(19-13)16-12-7-3-5-10-4-1-2-6-11(10)12/h1-2,4,6,12H,3,5,7-9H2,(H,16,18). The molecule has 3 rings (SSSR count). The number of anilines is 1. The highest BCUT2D eigenvalue weighted by molar-refractivity contribution is 6.17. The molecule has 1 aromatic carbocycles. The van der Waals surface area contributed by atoms with Gasteiger partial charge in [-0.3, -0.25) is 0 Å². The molecule has 100 valence electrons. The number of alkyl halides is 1. The van der Waals surface area contributed by atoms with Crippen LogP contribution in [0.5, 0.6) is 0 Å². The third-order valence-electron chi connectivity index (χ3n) is 3.44. The summed E-state index contributed by atoms with van der Waals surface area (Å²) in [7, 11) is 0. The maximum Gasteiger partial charge on any atom is 0.315 e. The molecule has 19 heavy (non-hydrogen) atoms. The molecule has 1 unspecified atom stereocenters. The number of hydrogen-bond acceptors (Lipinski definition) is 4. The monoisotopic (exact) mass is 277 g/mol. The van der Waals surface area contributed by atoms with E-state index in [2.05, 4.69) is 39.8 Å². The second kappa shape index (κ2) is 5.61. The molecule has 1 N–H and O–H groups in total. The molecular formula is C14H16ClN3O. The number of nitrogens with zero attached hydrogens (tertiary/aromatic N) is 2. The Bertz CT molecular complexity index is 555. The number of aryl methyl sites for hydroxylation is 2. The average molecular weight is 278 g/mol.